The van der Waals surface area contributed by atoms with Gasteiger partial charge in [0.1, 0.15) is 0 Å². The maximum Gasteiger partial charge on any atom is 0.313 e. The lowest BCUT2D eigenvalue weighted by molar-refractivity contribution is -0.144. The van der Waals surface area contributed by atoms with Gasteiger partial charge in [0.25, 0.3) is 0 Å². The van der Waals surface area contributed by atoms with Crippen molar-refractivity contribution in [2.45, 2.75) is 19.8 Å². The molecular formula is C11H12Br2O2. The van der Waals surface area contributed by atoms with Gasteiger partial charge in [0.15, 0.2) is 0 Å². The van der Waals surface area contributed by atoms with Crippen molar-refractivity contribution in [1.82, 2.24) is 0 Å². The molecule has 0 aliphatic rings. The van der Waals surface area contributed by atoms with Crippen molar-refractivity contribution >= 4 is 37.8 Å². The van der Waals surface area contributed by atoms with Crippen LogP contribution in [0, 0.1) is 0 Å². The monoisotopic (exact) mass is 334 g/mol. The first-order valence-corrected chi connectivity index (χ1v) is 6.27. The molecule has 0 bridgehead atoms. The number of hydrogen-bond donors (Lipinski definition) is 0. The molecule has 0 saturated heterocycles. The van der Waals surface area contributed by atoms with Crippen LogP contribution in [0.1, 0.15) is 25.3 Å². The third-order valence-electron chi connectivity index (χ3n) is 2.09. The number of halogens is 2. The lowest BCUT2D eigenvalue weighted by atomic mass is 10.0. The van der Waals surface area contributed by atoms with Crippen LogP contribution in [0.3, 0.4) is 0 Å². The van der Waals surface area contributed by atoms with Crippen LogP contribution in [0.4, 0.5) is 0 Å². The lowest BCUT2D eigenvalue weighted by Crippen LogP contribution is -2.13. The molecule has 2 nitrogen and oxygen atoms in total. The second-order valence-corrected chi connectivity index (χ2v) is 4.76. The van der Waals surface area contributed by atoms with E-state index in [1.54, 1.807) is 6.92 Å². The number of rotatable bonds is 3. The van der Waals surface area contributed by atoms with Gasteiger partial charge in [0.2, 0.25) is 0 Å². The number of esters is 1. The normalized spacial score (nSPS) is 12.3. The van der Waals surface area contributed by atoms with Gasteiger partial charge in [-0.1, -0.05) is 12.1 Å². The first-order valence-electron chi connectivity index (χ1n) is 4.68. The summed E-state index contributed by atoms with van der Waals surface area (Å²) in [5.41, 5.74) is 0.933. The molecule has 15 heavy (non-hydrogen) atoms. The number of ether oxygens (including phenoxy) is 1. The van der Waals surface area contributed by atoms with Crippen molar-refractivity contribution in [3.63, 3.8) is 0 Å². The molecule has 4 heteroatoms. The van der Waals surface area contributed by atoms with Gasteiger partial charge < -0.3 is 4.74 Å². The first kappa shape index (κ1) is 12.7. The van der Waals surface area contributed by atoms with Crippen molar-refractivity contribution < 1.29 is 9.53 Å². The summed E-state index contributed by atoms with van der Waals surface area (Å²) in [6.07, 6.45) is 0. The molecule has 1 unspecified atom stereocenters. The van der Waals surface area contributed by atoms with Crippen LogP contribution in [0.5, 0.6) is 0 Å². The van der Waals surface area contributed by atoms with E-state index in [0.717, 1.165) is 14.5 Å². The zero-order valence-electron chi connectivity index (χ0n) is 8.59. The number of hydrogen-bond acceptors (Lipinski definition) is 2. The molecule has 1 aromatic carbocycles. The summed E-state index contributed by atoms with van der Waals surface area (Å²) in [4.78, 5) is 11.5. The fourth-order valence-electron chi connectivity index (χ4n) is 1.25. The molecule has 0 radical (unpaired) electrons. The average Bonchev–Trinajstić information content (AvgIpc) is 2.21. The van der Waals surface area contributed by atoms with E-state index in [0.29, 0.717) is 6.61 Å². The number of carbonyl (C=O) groups is 1. The number of carbonyl (C=O) groups excluding carboxylic acids is 1. The second kappa shape index (κ2) is 5.66. The zero-order chi connectivity index (χ0) is 11.4. The van der Waals surface area contributed by atoms with Crippen molar-refractivity contribution in [3.05, 3.63) is 32.7 Å². The topological polar surface area (TPSA) is 26.3 Å². The fourth-order valence-corrected chi connectivity index (χ4v) is 2.24. The molecule has 82 valence electrons. The first-order chi connectivity index (χ1) is 7.07. The van der Waals surface area contributed by atoms with Gasteiger partial charge >= 0.3 is 5.97 Å². The van der Waals surface area contributed by atoms with Gasteiger partial charge in [-0.2, -0.15) is 0 Å². The van der Waals surface area contributed by atoms with Crippen LogP contribution in [0.15, 0.2) is 27.1 Å². The molecular weight excluding hydrogens is 324 g/mol. The van der Waals surface area contributed by atoms with Gasteiger partial charge in [-0.3, -0.25) is 4.79 Å². The van der Waals surface area contributed by atoms with E-state index < -0.39 is 0 Å². The van der Waals surface area contributed by atoms with E-state index in [9.17, 15) is 4.79 Å². The Morgan fingerprint density at radius 3 is 2.73 bits per heavy atom. The molecule has 0 N–H and O–H groups in total. The van der Waals surface area contributed by atoms with Gasteiger partial charge in [0, 0.05) is 8.95 Å². The minimum Gasteiger partial charge on any atom is -0.466 e. The summed E-state index contributed by atoms with van der Waals surface area (Å²) >= 11 is 6.85. The molecule has 1 rings (SSSR count). The highest BCUT2D eigenvalue weighted by Gasteiger charge is 2.19. The molecule has 0 fully saturated rings. The summed E-state index contributed by atoms with van der Waals surface area (Å²) in [6.45, 7) is 4.06. The molecule has 1 aromatic rings. The van der Waals surface area contributed by atoms with Crippen LogP contribution in [-0.4, -0.2) is 12.6 Å². The third kappa shape index (κ3) is 3.05. The summed E-state index contributed by atoms with van der Waals surface area (Å²) in [7, 11) is 0. The second-order valence-electron chi connectivity index (χ2n) is 3.12. The van der Waals surface area contributed by atoms with Crippen molar-refractivity contribution in [1.29, 1.82) is 0 Å². The highest BCUT2D eigenvalue weighted by atomic mass is 79.9. The summed E-state index contributed by atoms with van der Waals surface area (Å²) < 4.78 is 6.83. The van der Waals surface area contributed by atoms with Crippen LogP contribution in [0.25, 0.3) is 0 Å². The van der Waals surface area contributed by atoms with E-state index >= 15 is 0 Å². The SMILES string of the molecule is CCOC(=O)C(C)c1cccc(Br)c1Br. The van der Waals surface area contributed by atoms with E-state index in [1.807, 2.05) is 25.1 Å². The van der Waals surface area contributed by atoms with Crippen molar-refractivity contribution in [2.75, 3.05) is 6.61 Å². The maximum atomic E-state index is 11.5. The standard InChI is InChI=1S/C11H12Br2O2/c1-3-15-11(14)7(2)8-5-4-6-9(12)10(8)13/h4-7H,3H2,1-2H3. The Morgan fingerprint density at radius 2 is 2.13 bits per heavy atom. The Balaban J connectivity index is 2.96. The van der Waals surface area contributed by atoms with Crippen LogP contribution in [0.2, 0.25) is 0 Å². The molecule has 0 amide bonds. The Kier molecular flexibility index (Phi) is 4.80. The molecule has 0 aromatic heterocycles. The van der Waals surface area contributed by atoms with E-state index in [2.05, 4.69) is 31.9 Å². The molecule has 0 aliphatic carbocycles. The van der Waals surface area contributed by atoms with Crippen molar-refractivity contribution in [3.8, 4) is 0 Å². The van der Waals surface area contributed by atoms with Crippen LogP contribution in [-0.2, 0) is 9.53 Å². The summed E-state index contributed by atoms with van der Waals surface area (Å²) in [5.74, 6) is -0.451. The minimum absolute atomic E-state index is 0.198. The predicted octanol–water partition coefficient (Wildman–Crippen LogP) is 3.88. The zero-order valence-corrected chi connectivity index (χ0v) is 11.8. The third-order valence-corrected chi connectivity index (χ3v) is 4.17. The van der Waals surface area contributed by atoms with Crippen LogP contribution < -0.4 is 0 Å². The quantitative estimate of drug-likeness (QED) is 0.783. The molecule has 0 aliphatic heterocycles. The molecule has 0 heterocycles. The van der Waals surface area contributed by atoms with E-state index in [4.69, 9.17) is 4.74 Å². The Morgan fingerprint density at radius 1 is 1.47 bits per heavy atom. The largest absolute Gasteiger partial charge is 0.466 e. The molecule has 1 atom stereocenters. The smallest absolute Gasteiger partial charge is 0.313 e. The van der Waals surface area contributed by atoms with Gasteiger partial charge in [-0.05, 0) is 57.3 Å². The molecule has 0 spiro atoms. The fraction of sp³-hybridized carbons (Fsp3) is 0.364. The lowest BCUT2D eigenvalue weighted by Gasteiger charge is -2.13. The van der Waals surface area contributed by atoms with Gasteiger partial charge in [-0.15, -0.1) is 0 Å². The van der Waals surface area contributed by atoms with E-state index in [-0.39, 0.29) is 11.9 Å². The average molecular weight is 336 g/mol. The predicted molar refractivity (Wildman–Crippen MR) is 66.9 cm³/mol. The highest BCUT2D eigenvalue weighted by molar-refractivity contribution is 9.13. The Hall–Kier alpha value is -0.350. The van der Waals surface area contributed by atoms with Crippen LogP contribution >= 0.6 is 31.9 Å². The van der Waals surface area contributed by atoms with Crippen molar-refractivity contribution in [2.24, 2.45) is 0 Å². The maximum absolute atomic E-state index is 11.5. The van der Waals surface area contributed by atoms with Gasteiger partial charge in [0.05, 0.1) is 12.5 Å². The number of benzene rings is 1. The van der Waals surface area contributed by atoms with Gasteiger partial charge in [-0.25, -0.2) is 0 Å². The Labute approximate surface area is 106 Å². The summed E-state index contributed by atoms with van der Waals surface area (Å²) in [5, 5.41) is 0. The Bertz CT molecular complexity index is 364. The minimum atomic E-state index is -0.253. The highest BCUT2D eigenvalue weighted by Crippen LogP contribution is 2.31. The van der Waals surface area contributed by atoms with E-state index in [1.165, 1.54) is 0 Å². The molecule has 0 saturated carbocycles. The summed E-state index contributed by atoms with van der Waals surface area (Å²) in [6, 6.07) is 5.74.